The van der Waals surface area contributed by atoms with Crippen LogP contribution in [0.4, 0.5) is 0 Å². The van der Waals surface area contributed by atoms with Gasteiger partial charge in [0.1, 0.15) is 16.1 Å². The zero-order valence-corrected chi connectivity index (χ0v) is 9.25. The van der Waals surface area contributed by atoms with Crippen LogP contribution in [0.3, 0.4) is 0 Å². The minimum absolute atomic E-state index is 0.0277. The van der Waals surface area contributed by atoms with Gasteiger partial charge in [0.25, 0.3) is 0 Å². The first kappa shape index (κ1) is 10.0. The number of rotatable bonds is 2. The minimum Gasteiger partial charge on any atom is -0.368 e. The Balaban J connectivity index is 2.09. The number of nitrogens with zero attached hydrogens (tertiary/aromatic N) is 2. The quantitative estimate of drug-likeness (QED) is 0.813. The summed E-state index contributed by atoms with van der Waals surface area (Å²) < 4.78 is 5.71. The molecule has 3 unspecified atom stereocenters. The molecule has 0 aromatic carbocycles. The summed E-state index contributed by atoms with van der Waals surface area (Å²) in [6.45, 7) is 4.01. The predicted molar refractivity (Wildman–Crippen MR) is 55.0 cm³/mol. The lowest BCUT2D eigenvalue weighted by atomic mass is 10.2. The van der Waals surface area contributed by atoms with E-state index in [1.807, 2.05) is 6.92 Å². The maximum atomic E-state index is 5.72. The normalized spacial score (nSPS) is 29.4. The van der Waals surface area contributed by atoms with Crippen LogP contribution in [0.1, 0.15) is 48.9 Å². The van der Waals surface area contributed by atoms with E-state index in [9.17, 15) is 0 Å². The molecule has 0 bridgehead atoms. The first-order valence-electron chi connectivity index (χ1n) is 4.91. The van der Waals surface area contributed by atoms with E-state index >= 15 is 0 Å². The second-order valence-corrected chi connectivity index (χ2v) is 4.82. The average Bonchev–Trinajstić information content (AvgIpc) is 2.70. The van der Waals surface area contributed by atoms with E-state index in [2.05, 4.69) is 17.1 Å². The molecule has 0 spiro atoms. The summed E-state index contributed by atoms with van der Waals surface area (Å²) in [6.07, 6.45) is 2.66. The molecule has 0 amide bonds. The van der Waals surface area contributed by atoms with Crippen LogP contribution in [0.15, 0.2) is 0 Å². The number of hydrogen-bond acceptors (Lipinski definition) is 5. The second kappa shape index (κ2) is 3.92. The van der Waals surface area contributed by atoms with Gasteiger partial charge in [-0.15, -0.1) is 10.2 Å². The van der Waals surface area contributed by atoms with Gasteiger partial charge in [0.05, 0.1) is 12.1 Å². The van der Waals surface area contributed by atoms with Crippen molar-refractivity contribution < 1.29 is 4.74 Å². The molecule has 1 aromatic rings. The Labute approximate surface area is 87.5 Å². The van der Waals surface area contributed by atoms with Crippen molar-refractivity contribution in [1.29, 1.82) is 0 Å². The molecule has 78 valence electrons. The van der Waals surface area contributed by atoms with Crippen molar-refractivity contribution in [1.82, 2.24) is 10.2 Å². The van der Waals surface area contributed by atoms with E-state index in [0.29, 0.717) is 6.10 Å². The molecule has 1 aromatic heterocycles. The molecule has 2 rings (SSSR count). The lowest BCUT2D eigenvalue weighted by Crippen LogP contribution is -2.03. The van der Waals surface area contributed by atoms with E-state index in [1.54, 1.807) is 11.3 Å². The maximum absolute atomic E-state index is 5.72. The van der Waals surface area contributed by atoms with Crippen LogP contribution < -0.4 is 5.73 Å². The van der Waals surface area contributed by atoms with Crippen LogP contribution in [0.5, 0.6) is 0 Å². The molecule has 1 aliphatic heterocycles. The molecular weight excluding hydrogens is 198 g/mol. The molecule has 1 saturated heterocycles. The van der Waals surface area contributed by atoms with Gasteiger partial charge in [-0.1, -0.05) is 11.3 Å². The zero-order chi connectivity index (χ0) is 10.1. The van der Waals surface area contributed by atoms with Crippen molar-refractivity contribution in [3.63, 3.8) is 0 Å². The van der Waals surface area contributed by atoms with Crippen molar-refractivity contribution >= 4 is 11.3 Å². The van der Waals surface area contributed by atoms with Gasteiger partial charge in [-0.05, 0) is 26.7 Å². The third-order valence-corrected chi connectivity index (χ3v) is 3.57. The van der Waals surface area contributed by atoms with E-state index < -0.39 is 0 Å². The molecule has 1 aliphatic rings. The van der Waals surface area contributed by atoms with Crippen LogP contribution in [0, 0.1) is 0 Å². The highest BCUT2D eigenvalue weighted by atomic mass is 32.1. The van der Waals surface area contributed by atoms with Gasteiger partial charge in [0, 0.05) is 0 Å². The van der Waals surface area contributed by atoms with Crippen LogP contribution in [-0.2, 0) is 4.74 Å². The van der Waals surface area contributed by atoms with Crippen LogP contribution in [0.25, 0.3) is 0 Å². The van der Waals surface area contributed by atoms with Gasteiger partial charge in [0.2, 0.25) is 0 Å². The molecule has 0 radical (unpaired) electrons. The summed E-state index contributed by atoms with van der Waals surface area (Å²) in [5, 5.41) is 10.0. The lowest BCUT2D eigenvalue weighted by molar-refractivity contribution is 0.0550. The molecule has 5 heteroatoms. The van der Waals surface area contributed by atoms with Gasteiger partial charge >= 0.3 is 0 Å². The average molecular weight is 213 g/mol. The Morgan fingerprint density at radius 1 is 1.50 bits per heavy atom. The Kier molecular flexibility index (Phi) is 2.80. The maximum Gasteiger partial charge on any atom is 0.146 e. The van der Waals surface area contributed by atoms with Gasteiger partial charge in [-0.2, -0.15) is 0 Å². The molecular formula is C9H15N3OS. The number of aromatic nitrogens is 2. The highest BCUT2D eigenvalue weighted by Gasteiger charge is 2.26. The van der Waals surface area contributed by atoms with Gasteiger partial charge in [-0.25, -0.2) is 0 Å². The minimum atomic E-state index is -0.0277. The first-order chi connectivity index (χ1) is 6.66. The Bertz CT molecular complexity index is 313. The fourth-order valence-corrected chi connectivity index (χ4v) is 2.41. The molecule has 4 nitrogen and oxygen atoms in total. The third kappa shape index (κ3) is 1.94. The summed E-state index contributed by atoms with van der Waals surface area (Å²) in [5.41, 5.74) is 5.72. The molecule has 14 heavy (non-hydrogen) atoms. The fraction of sp³-hybridized carbons (Fsp3) is 0.778. The molecule has 1 fully saturated rings. The van der Waals surface area contributed by atoms with Crippen molar-refractivity contribution in [2.45, 2.75) is 44.9 Å². The third-order valence-electron chi connectivity index (χ3n) is 2.35. The lowest BCUT2D eigenvalue weighted by Gasteiger charge is -2.05. The second-order valence-electron chi connectivity index (χ2n) is 3.78. The molecule has 2 N–H and O–H groups in total. The first-order valence-corrected chi connectivity index (χ1v) is 5.73. The fourth-order valence-electron chi connectivity index (χ4n) is 1.54. The number of nitrogens with two attached hydrogens (primary N) is 1. The molecule has 2 heterocycles. The summed E-state index contributed by atoms with van der Waals surface area (Å²) in [7, 11) is 0. The standard InChI is InChI=1S/C9H15N3OS/c1-5-3-4-7(13-5)9-12-11-8(14-9)6(2)10/h5-7H,3-4,10H2,1-2H3. The van der Waals surface area contributed by atoms with Crippen molar-refractivity contribution in [3.8, 4) is 0 Å². The topological polar surface area (TPSA) is 61.0 Å². The van der Waals surface area contributed by atoms with Gasteiger partial charge in [-0.3, -0.25) is 0 Å². The number of hydrogen-bond donors (Lipinski definition) is 1. The number of ether oxygens (including phenoxy) is 1. The SMILES string of the molecule is CC1CCC(c2nnc(C(C)N)s2)O1. The van der Waals surface area contributed by atoms with Crippen molar-refractivity contribution in [3.05, 3.63) is 10.0 Å². The van der Waals surface area contributed by atoms with E-state index in [1.165, 1.54) is 0 Å². The highest BCUT2D eigenvalue weighted by molar-refractivity contribution is 7.11. The van der Waals surface area contributed by atoms with Crippen LogP contribution in [-0.4, -0.2) is 16.3 Å². The van der Waals surface area contributed by atoms with Gasteiger partial charge < -0.3 is 10.5 Å². The summed E-state index contributed by atoms with van der Waals surface area (Å²) >= 11 is 1.57. The molecule has 0 saturated carbocycles. The Hall–Kier alpha value is -0.520. The van der Waals surface area contributed by atoms with Crippen molar-refractivity contribution in [2.24, 2.45) is 5.73 Å². The van der Waals surface area contributed by atoms with Gasteiger partial charge in [0.15, 0.2) is 0 Å². The summed E-state index contributed by atoms with van der Waals surface area (Å²) in [6, 6.07) is -0.0277. The van der Waals surface area contributed by atoms with E-state index in [4.69, 9.17) is 10.5 Å². The van der Waals surface area contributed by atoms with Crippen molar-refractivity contribution in [2.75, 3.05) is 0 Å². The summed E-state index contributed by atoms with van der Waals surface area (Å²) in [5.74, 6) is 0. The van der Waals surface area contributed by atoms with Crippen LogP contribution in [0.2, 0.25) is 0 Å². The smallest absolute Gasteiger partial charge is 0.146 e. The Morgan fingerprint density at radius 2 is 2.29 bits per heavy atom. The zero-order valence-electron chi connectivity index (χ0n) is 8.43. The highest BCUT2D eigenvalue weighted by Crippen LogP contribution is 2.34. The molecule has 0 aliphatic carbocycles. The predicted octanol–water partition coefficient (Wildman–Crippen LogP) is 1.80. The summed E-state index contributed by atoms with van der Waals surface area (Å²) in [4.78, 5) is 0. The van der Waals surface area contributed by atoms with E-state index in [0.717, 1.165) is 22.9 Å². The van der Waals surface area contributed by atoms with Crippen LogP contribution >= 0.6 is 11.3 Å². The Morgan fingerprint density at radius 3 is 2.79 bits per heavy atom. The van der Waals surface area contributed by atoms with E-state index in [-0.39, 0.29) is 12.1 Å². The largest absolute Gasteiger partial charge is 0.368 e. The molecule has 3 atom stereocenters. The monoisotopic (exact) mass is 213 g/mol.